The molecule has 0 heterocycles. The summed E-state index contributed by atoms with van der Waals surface area (Å²) in [5.74, 6) is 0.0147. The summed E-state index contributed by atoms with van der Waals surface area (Å²) in [6.07, 6.45) is 0. The molecule has 0 saturated heterocycles. The molecule has 0 aliphatic rings. The monoisotopic (exact) mass is 353 g/mol. The molecule has 2 heteroatoms. The van der Waals surface area contributed by atoms with Crippen LogP contribution in [0.15, 0.2) is 78.9 Å². The van der Waals surface area contributed by atoms with Crippen LogP contribution in [-0.2, 0) is 4.79 Å². The van der Waals surface area contributed by atoms with Crippen molar-refractivity contribution in [1.29, 1.82) is 0 Å². The van der Waals surface area contributed by atoms with E-state index < -0.39 is 5.41 Å². The van der Waals surface area contributed by atoms with Crippen LogP contribution in [-0.4, -0.2) is 5.91 Å². The molecule has 27 heavy (non-hydrogen) atoms. The zero-order valence-corrected chi connectivity index (χ0v) is 15.9. The topological polar surface area (TPSA) is 29.1 Å². The highest BCUT2D eigenvalue weighted by atomic mass is 16.2. The standard InChI is InChI=1S/C25H23NO/c1-25(2,3)24(27)26-23-21-11-7-6-9-18(21)14-15-22(23)20-13-12-17-8-4-5-10-19(17)16-20/h4-16H,1-3H3,(H,26,27). The van der Waals surface area contributed by atoms with Crippen LogP contribution in [0, 0.1) is 5.41 Å². The van der Waals surface area contributed by atoms with Gasteiger partial charge >= 0.3 is 0 Å². The number of hydrogen-bond acceptors (Lipinski definition) is 1. The zero-order chi connectivity index (χ0) is 19.0. The quantitative estimate of drug-likeness (QED) is 0.430. The molecule has 134 valence electrons. The number of carbonyl (C=O) groups excluding carboxylic acids is 1. The van der Waals surface area contributed by atoms with Crippen molar-refractivity contribution in [2.24, 2.45) is 5.41 Å². The smallest absolute Gasteiger partial charge is 0.229 e. The first-order valence-corrected chi connectivity index (χ1v) is 9.26. The molecule has 4 aromatic rings. The maximum atomic E-state index is 12.8. The van der Waals surface area contributed by atoms with E-state index in [1.165, 1.54) is 10.8 Å². The molecule has 0 bridgehead atoms. The first kappa shape index (κ1) is 17.3. The van der Waals surface area contributed by atoms with Gasteiger partial charge in [0.25, 0.3) is 0 Å². The number of benzene rings is 4. The molecule has 0 atom stereocenters. The molecule has 0 unspecified atom stereocenters. The van der Waals surface area contributed by atoms with Gasteiger partial charge in [-0.3, -0.25) is 4.79 Å². The minimum absolute atomic E-state index is 0.0147. The van der Waals surface area contributed by atoms with E-state index in [0.717, 1.165) is 27.6 Å². The van der Waals surface area contributed by atoms with Crippen molar-refractivity contribution in [2.45, 2.75) is 20.8 Å². The van der Waals surface area contributed by atoms with E-state index in [1.807, 2.05) is 39.0 Å². The lowest BCUT2D eigenvalue weighted by atomic mass is 9.93. The predicted octanol–water partition coefficient (Wildman–Crippen LogP) is 6.64. The fourth-order valence-corrected chi connectivity index (χ4v) is 3.30. The lowest BCUT2D eigenvalue weighted by Crippen LogP contribution is -2.28. The Hall–Kier alpha value is -3.13. The third-order valence-corrected chi connectivity index (χ3v) is 4.91. The van der Waals surface area contributed by atoms with E-state index in [9.17, 15) is 4.79 Å². The van der Waals surface area contributed by atoms with Gasteiger partial charge in [0.1, 0.15) is 0 Å². The molecule has 0 saturated carbocycles. The Morgan fingerprint density at radius 2 is 1.37 bits per heavy atom. The van der Waals surface area contributed by atoms with E-state index >= 15 is 0 Å². The van der Waals surface area contributed by atoms with Gasteiger partial charge in [-0.25, -0.2) is 0 Å². The lowest BCUT2D eigenvalue weighted by molar-refractivity contribution is -0.123. The fraction of sp³-hybridized carbons (Fsp3) is 0.160. The van der Waals surface area contributed by atoms with Crippen LogP contribution in [0.25, 0.3) is 32.7 Å². The van der Waals surface area contributed by atoms with Crippen LogP contribution in [0.1, 0.15) is 20.8 Å². The molecule has 0 aliphatic carbocycles. The van der Waals surface area contributed by atoms with Gasteiger partial charge in [0, 0.05) is 16.4 Å². The second-order valence-corrected chi connectivity index (χ2v) is 7.98. The van der Waals surface area contributed by atoms with Crippen molar-refractivity contribution in [3.63, 3.8) is 0 Å². The van der Waals surface area contributed by atoms with Crippen molar-refractivity contribution in [3.05, 3.63) is 78.9 Å². The molecule has 0 radical (unpaired) electrons. The maximum Gasteiger partial charge on any atom is 0.229 e. The molecule has 4 aromatic carbocycles. The summed E-state index contributed by atoms with van der Waals surface area (Å²) in [7, 11) is 0. The van der Waals surface area contributed by atoms with Gasteiger partial charge in [-0.2, -0.15) is 0 Å². The number of fused-ring (bicyclic) bond motifs is 2. The average molecular weight is 353 g/mol. The average Bonchev–Trinajstić information content (AvgIpc) is 2.67. The Morgan fingerprint density at radius 1 is 0.741 bits per heavy atom. The number of hydrogen-bond donors (Lipinski definition) is 1. The maximum absolute atomic E-state index is 12.8. The highest BCUT2D eigenvalue weighted by molar-refractivity contribution is 6.09. The van der Waals surface area contributed by atoms with Gasteiger partial charge in [-0.05, 0) is 27.8 Å². The van der Waals surface area contributed by atoms with Gasteiger partial charge in [0.2, 0.25) is 5.91 Å². The van der Waals surface area contributed by atoms with E-state index in [-0.39, 0.29) is 5.91 Å². The van der Waals surface area contributed by atoms with Crippen molar-refractivity contribution in [2.75, 3.05) is 5.32 Å². The molecular formula is C25H23NO. The largest absolute Gasteiger partial charge is 0.325 e. The Balaban J connectivity index is 1.93. The Bertz CT molecular complexity index is 1150. The third-order valence-electron chi connectivity index (χ3n) is 4.91. The molecule has 0 aromatic heterocycles. The zero-order valence-electron chi connectivity index (χ0n) is 15.9. The minimum Gasteiger partial charge on any atom is -0.325 e. The first-order valence-electron chi connectivity index (χ1n) is 9.26. The molecule has 2 nitrogen and oxygen atoms in total. The molecule has 0 fully saturated rings. The normalized spacial score (nSPS) is 11.7. The predicted molar refractivity (Wildman–Crippen MR) is 115 cm³/mol. The highest BCUT2D eigenvalue weighted by Gasteiger charge is 2.23. The van der Waals surface area contributed by atoms with E-state index in [4.69, 9.17) is 0 Å². The summed E-state index contributed by atoms with van der Waals surface area (Å²) in [6.45, 7) is 5.80. The molecule has 0 spiro atoms. The van der Waals surface area contributed by atoms with Crippen molar-refractivity contribution in [1.82, 2.24) is 0 Å². The fourth-order valence-electron chi connectivity index (χ4n) is 3.30. The van der Waals surface area contributed by atoms with Crippen LogP contribution in [0.5, 0.6) is 0 Å². The molecule has 1 N–H and O–H groups in total. The minimum atomic E-state index is -0.461. The van der Waals surface area contributed by atoms with Gasteiger partial charge < -0.3 is 5.32 Å². The molecular weight excluding hydrogens is 330 g/mol. The van der Waals surface area contributed by atoms with Gasteiger partial charge in [0.15, 0.2) is 0 Å². The summed E-state index contributed by atoms with van der Waals surface area (Å²) in [4.78, 5) is 12.8. The lowest BCUT2D eigenvalue weighted by Gasteiger charge is -2.21. The Labute approximate surface area is 159 Å². The summed E-state index contributed by atoms with van der Waals surface area (Å²) in [6, 6.07) is 27.2. The number of amides is 1. The third kappa shape index (κ3) is 3.31. The highest BCUT2D eigenvalue weighted by Crippen LogP contribution is 2.37. The van der Waals surface area contributed by atoms with Gasteiger partial charge in [0.05, 0.1) is 5.69 Å². The Morgan fingerprint density at radius 3 is 2.11 bits per heavy atom. The summed E-state index contributed by atoms with van der Waals surface area (Å²) >= 11 is 0. The summed E-state index contributed by atoms with van der Waals surface area (Å²) in [5.41, 5.74) is 2.56. The van der Waals surface area contributed by atoms with Crippen molar-refractivity contribution < 1.29 is 4.79 Å². The second kappa shape index (κ2) is 6.55. The molecule has 0 aliphatic heterocycles. The number of carbonyl (C=O) groups is 1. The SMILES string of the molecule is CC(C)(C)C(=O)Nc1c(-c2ccc3ccccc3c2)ccc2ccccc12. The number of rotatable bonds is 2. The van der Waals surface area contributed by atoms with E-state index in [1.54, 1.807) is 0 Å². The summed E-state index contributed by atoms with van der Waals surface area (Å²) in [5, 5.41) is 7.78. The van der Waals surface area contributed by atoms with Crippen LogP contribution in [0.2, 0.25) is 0 Å². The number of anilines is 1. The first-order chi connectivity index (χ1) is 12.9. The van der Waals surface area contributed by atoms with Crippen LogP contribution in [0.3, 0.4) is 0 Å². The second-order valence-electron chi connectivity index (χ2n) is 7.98. The van der Waals surface area contributed by atoms with Crippen LogP contribution >= 0.6 is 0 Å². The van der Waals surface area contributed by atoms with E-state index in [2.05, 4.69) is 66.0 Å². The molecule has 1 amide bonds. The molecule has 4 rings (SSSR count). The van der Waals surface area contributed by atoms with Crippen molar-refractivity contribution in [3.8, 4) is 11.1 Å². The van der Waals surface area contributed by atoms with Crippen molar-refractivity contribution >= 4 is 33.1 Å². The summed E-state index contributed by atoms with van der Waals surface area (Å²) < 4.78 is 0. The Kier molecular flexibility index (Phi) is 4.19. The number of nitrogens with one attached hydrogen (secondary N) is 1. The van der Waals surface area contributed by atoms with Gasteiger partial charge in [-0.1, -0.05) is 93.6 Å². The van der Waals surface area contributed by atoms with Crippen LogP contribution in [0.4, 0.5) is 5.69 Å². The van der Waals surface area contributed by atoms with Gasteiger partial charge in [-0.15, -0.1) is 0 Å². The van der Waals surface area contributed by atoms with Crippen LogP contribution < -0.4 is 5.32 Å². The van der Waals surface area contributed by atoms with E-state index in [0.29, 0.717) is 0 Å².